The van der Waals surface area contributed by atoms with Gasteiger partial charge in [0, 0.05) is 11.4 Å². The van der Waals surface area contributed by atoms with E-state index < -0.39 is 10.0 Å². The van der Waals surface area contributed by atoms with Gasteiger partial charge in [-0.2, -0.15) is 0 Å². The molecule has 5 nitrogen and oxygen atoms in total. The number of nitrogens with zero attached hydrogens (tertiary/aromatic N) is 2. The van der Waals surface area contributed by atoms with Crippen molar-refractivity contribution in [3.63, 3.8) is 0 Å². The maximum Gasteiger partial charge on any atom is 0.243 e. The molecular weight excluding hydrogens is 356 g/mol. The van der Waals surface area contributed by atoms with Gasteiger partial charge in [0.1, 0.15) is 6.54 Å². The lowest BCUT2D eigenvalue weighted by atomic mass is 10.0. The SMILES string of the molecule is Cc1ccccc1N(CC(=O)N1CCc2sccc2C1C)S(C)(=O)=O. The highest BCUT2D eigenvalue weighted by atomic mass is 32.2. The predicted octanol–water partition coefficient (Wildman–Crippen LogP) is 2.97. The summed E-state index contributed by atoms with van der Waals surface area (Å²) in [5.74, 6) is -0.168. The fourth-order valence-electron chi connectivity index (χ4n) is 3.29. The normalized spacial score (nSPS) is 17.2. The fraction of sp³-hybridized carbons (Fsp3) is 0.389. The van der Waals surface area contributed by atoms with Gasteiger partial charge in [-0.3, -0.25) is 9.10 Å². The first-order valence-electron chi connectivity index (χ1n) is 8.18. The number of fused-ring (bicyclic) bond motifs is 1. The maximum absolute atomic E-state index is 12.9. The van der Waals surface area contributed by atoms with Crippen LogP contribution in [0.5, 0.6) is 0 Å². The first-order chi connectivity index (χ1) is 11.8. The molecule has 3 rings (SSSR count). The molecule has 1 aliphatic heterocycles. The molecule has 0 saturated carbocycles. The summed E-state index contributed by atoms with van der Waals surface area (Å²) in [6, 6.07) is 9.25. The molecule has 1 aromatic heterocycles. The number of anilines is 1. The van der Waals surface area contributed by atoms with Crippen LogP contribution >= 0.6 is 11.3 Å². The monoisotopic (exact) mass is 378 g/mol. The van der Waals surface area contributed by atoms with Crippen LogP contribution < -0.4 is 4.31 Å². The van der Waals surface area contributed by atoms with E-state index in [4.69, 9.17) is 0 Å². The molecule has 0 fully saturated rings. The molecule has 2 heterocycles. The van der Waals surface area contributed by atoms with E-state index in [9.17, 15) is 13.2 Å². The van der Waals surface area contributed by atoms with Gasteiger partial charge in [0.15, 0.2) is 0 Å². The van der Waals surface area contributed by atoms with E-state index in [1.54, 1.807) is 28.4 Å². The molecule has 25 heavy (non-hydrogen) atoms. The Morgan fingerprint density at radius 3 is 2.72 bits per heavy atom. The second-order valence-corrected chi connectivity index (χ2v) is 9.28. The van der Waals surface area contributed by atoms with Crippen molar-refractivity contribution >= 4 is 33.0 Å². The second kappa shape index (κ2) is 6.80. The Balaban J connectivity index is 1.86. The summed E-state index contributed by atoms with van der Waals surface area (Å²) < 4.78 is 25.8. The molecule has 0 N–H and O–H groups in total. The van der Waals surface area contributed by atoms with E-state index in [1.165, 1.54) is 14.7 Å². The summed E-state index contributed by atoms with van der Waals surface area (Å²) >= 11 is 1.72. The van der Waals surface area contributed by atoms with Crippen molar-refractivity contribution in [2.75, 3.05) is 23.7 Å². The van der Waals surface area contributed by atoms with Crippen molar-refractivity contribution in [3.05, 3.63) is 51.7 Å². The number of carbonyl (C=O) groups excluding carboxylic acids is 1. The topological polar surface area (TPSA) is 57.7 Å². The molecule has 2 aromatic rings. The highest BCUT2D eigenvalue weighted by Crippen LogP contribution is 2.33. The number of benzene rings is 1. The van der Waals surface area contributed by atoms with Gasteiger partial charge in [-0.25, -0.2) is 8.42 Å². The van der Waals surface area contributed by atoms with Gasteiger partial charge in [-0.15, -0.1) is 11.3 Å². The number of amides is 1. The summed E-state index contributed by atoms with van der Waals surface area (Å²) in [6.07, 6.45) is 1.97. The fourth-order valence-corrected chi connectivity index (χ4v) is 5.16. The lowest BCUT2D eigenvalue weighted by Gasteiger charge is -2.35. The third-order valence-electron chi connectivity index (χ3n) is 4.66. The van der Waals surface area contributed by atoms with Gasteiger partial charge < -0.3 is 4.90 Å². The van der Waals surface area contributed by atoms with Gasteiger partial charge >= 0.3 is 0 Å². The molecule has 1 unspecified atom stereocenters. The zero-order valence-corrected chi connectivity index (χ0v) is 16.2. The lowest BCUT2D eigenvalue weighted by Crippen LogP contribution is -2.45. The van der Waals surface area contributed by atoms with E-state index >= 15 is 0 Å². The van der Waals surface area contributed by atoms with Gasteiger partial charge in [-0.1, -0.05) is 18.2 Å². The number of sulfonamides is 1. The van der Waals surface area contributed by atoms with E-state index in [1.807, 2.05) is 31.4 Å². The molecule has 1 atom stereocenters. The Kier molecular flexibility index (Phi) is 4.88. The predicted molar refractivity (Wildman–Crippen MR) is 102 cm³/mol. The highest BCUT2D eigenvalue weighted by Gasteiger charge is 2.31. The van der Waals surface area contributed by atoms with Crippen LogP contribution in [0.1, 0.15) is 29.0 Å². The summed E-state index contributed by atoms with van der Waals surface area (Å²) in [4.78, 5) is 16.0. The van der Waals surface area contributed by atoms with Crippen LogP contribution in [-0.2, 0) is 21.2 Å². The number of carbonyl (C=O) groups is 1. The molecule has 0 spiro atoms. The van der Waals surface area contributed by atoms with Crippen molar-refractivity contribution in [1.82, 2.24) is 4.90 Å². The summed E-state index contributed by atoms with van der Waals surface area (Å²) in [6.45, 7) is 4.30. The molecule has 0 bridgehead atoms. The Morgan fingerprint density at radius 1 is 1.32 bits per heavy atom. The number of para-hydroxylation sites is 1. The minimum absolute atomic E-state index is 0.0271. The molecule has 0 radical (unpaired) electrons. The summed E-state index contributed by atoms with van der Waals surface area (Å²) in [5.41, 5.74) is 2.55. The first-order valence-corrected chi connectivity index (χ1v) is 10.9. The molecular formula is C18H22N2O3S2. The summed E-state index contributed by atoms with van der Waals surface area (Å²) in [7, 11) is -3.55. The van der Waals surface area contributed by atoms with E-state index in [0.717, 1.165) is 18.2 Å². The maximum atomic E-state index is 12.9. The number of hydrogen-bond donors (Lipinski definition) is 0. The molecule has 0 saturated heterocycles. The van der Waals surface area contributed by atoms with Crippen LogP contribution in [0.4, 0.5) is 5.69 Å². The van der Waals surface area contributed by atoms with E-state index in [0.29, 0.717) is 12.2 Å². The second-order valence-electron chi connectivity index (χ2n) is 6.37. The van der Waals surface area contributed by atoms with E-state index in [2.05, 4.69) is 6.07 Å². The minimum atomic E-state index is -3.55. The average molecular weight is 379 g/mol. The van der Waals surface area contributed by atoms with Crippen molar-refractivity contribution in [2.24, 2.45) is 0 Å². The standard InChI is InChI=1S/C18H22N2O3S2/c1-13-6-4-5-7-16(13)20(25(3,22)23)12-18(21)19-10-8-17-15(14(19)2)9-11-24-17/h4-7,9,11,14H,8,10,12H2,1-3H3. The van der Waals surface area contributed by atoms with E-state index in [-0.39, 0.29) is 18.5 Å². The van der Waals surface area contributed by atoms with Crippen LogP contribution in [0.3, 0.4) is 0 Å². The highest BCUT2D eigenvalue weighted by molar-refractivity contribution is 7.92. The van der Waals surface area contributed by atoms with Crippen molar-refractivity contribution in [2.45, 2.75) is 26.3 Å². The first kappa shape index (κ1) is 17.9. The van der Waals surface area contributed by atoms with Crippen LogP contribution in [0, 0.1) is 6.92 Å². The Bertz CT molecular complexity index is 889. The van der Waals surface area contributed by atoms with Gasteiger partial charge in [0.2, 0.25) is 15.9 Å². The van der Waals surface area contributed by atoms with Crippen molar-refractivity contribution < 1.29 is 13.2 Å². The lowest BCUT2D eigenvalue weighted by molar-refractivity contribution is -0.132. The van der Waals surface area contributed by atoms with Crippen molar-refractivity contribution in [3.8, 4) is 0 Å². The Hall–Kier alpha value is -1.86. The third kappa shape index (κ3) is 3.57. The quantitative estimate of drug-likeness (QED) is 0.822. The zero-order chi connectivity index (χ0) is 18.2. The smallest absolute Gasteiger partial charge is 0.243 e. The van der Waals surface area contributed by atoms with Crippen molar-refractivity contribution in [1.29, 1.82) is 0 Å². The van der Waals surface area contributed by atoms with Crippen LogP contribution in [0.15, 0.2) is 35.7 Å². The molecule has 7 heteroatoms. The minimum Gasteiger partial charge on any atom is -0.334 e. The molecule has 0 aliphatic carbocycles. The average Bonchev–Trinajstić information content (AvgIpc) is 3.02. The number of hydrogen-bond acceptors (Lipinski definition) is 4. The summed E-state index contributed by atoms with van der Waals surface area (Å²) in [5, 5.41) is 2.05. The molecule has 1 amide bonds. The molecule has 1 aliphatic rings. The Morgan fingerprint density at radius 2 is 2.04 bits per heavy atom. The van der Waals surface area contributed by atoms with Crippen LogP contribution in [0.2, 0.25) is 0 Å². The number of aryl methyl sites for hydroxylation is 1. The third-order valence-corrected chi connectivity index (χ3v) is 6.78. The molecule has 1 aromatic carbocycles. The largest absolute Gasteiger partial charge is 0.334 e. The Labute approximate surface area is 152 Å². The van der Waals surface area contributed by atoms with Gasteiger partial charge in [0.25, 0.3) is 0 Å². The van der Waals surface area contributed by atoms with Crippen LogP contribution in [-0.4, -0.2) is 38.6 Å². The number of thiophene rings is 1. The van der Waals surface area contributed by atoms with Gasteiger partial charge in [0.05, 0.1) is 18.0 Å². The van der Waals surface area contributed by atoms with Gasteiger partial charge in [-0.05, 0) is 48.9 Å². The molecule has 134 valence electrons. The zero-order valence-electron chi connectivity index (χ0n) is 14.6. The number of rotatable bonds is 4. The van der Waals surface area contributed by atoms with Crippen LogP contribution in [0.25, 0.3) is 0 Å².